The Morgan fingerprint density at radius 3 is 3.00 bits per heavy atom. The van der Waals surface area contributed by atoms with Crippen molar-refractivity contribution in [3.8, 4) is 0 Å². The van der Waals surface area contributed by atoms with E-state index in [2.05, 4.69) is 20.1 Å². The number of carbonyl (C=O) groups is 1. The fourth-order valence-electron chi connectivity index (χ4n) is 3.61. The van der Waals surface area contributed by atoms with Crippen LogP contribution in [0.3, 0.4) is 0 Å². The van der Waals surface area contributed by atoms with Crippen molar-refractivity contribution in [3.05, 3.63) is 71.5 Å². The van der Waals surface area contributed by atoms with Crippen molar-refractivity contribution >= 4 is 11.4 Å². The van der Waals surface area contributed by atoms with Crippen LogP contribution in [-0.2, 0) is 6.42 Å². The summed E-state index contributed by atoms with van der Waals surface area (Å²) in [6, 6.07) is 3.80. The highest BCUT2D eigenvalue weighted by molar-refractivity contribution is 5.93. The zero-order valence-corrected chi connectivity index (χ0v) is 14.7. The van der Waals surface area contributed by atoms with Crippen LogP contribution in [-0.4, -0.2) is 41.9 Å². The largest absolute Gasteiger partial charge is 0.438 e. The molecule has 1 amide bonds. The van der Waals surface area contributed by atoms with E-state index in [1.165, 1.54) is 28.0 Å². The molecule has 1 atom stereocenters. The van der Waals surface area contributed by atoms with Crippen molar-refractivity contribution in [1.82, 2.24) is 29.5 Å². The number of pyridine rings is 1. The molecular weight excluding hydrogens is 389 g/mol. The second-order valence-electron chi connectivity index (χ2n) is 6.57. The molecule has 1 aliphatic heterocycles. The molecule has 0 saturated heterocycles. The summed E-state index contributed by atoms with van der Waals surface area (Å²) in [4.78, 5) is 25.3. The van der Waals surface area contributed by atoms with E-state index in [1.54, 1.807) is 12.1 Å². The lowest BCUT2D eigenvalue weighted by Crippen LogP contribution is -2.41. The van der Waals surface area contributed by atoms with E-state index < -0.39 is 35.6 Å². The van der Waals surface area contributed by atoms with Gasteiger partial charge in [-0.15, -0.1) is 0 Å². The molecule has 0 fully saturated rings. The van der Waals surface area contributed by atoms with E-state index in [4.69, 9.17) is 4.42 Å². The molecule has 0 bridgehead atoms. The number of alkyl halides is 2. The van der Waals surface area contributed by atoms with Crippen LogP contribution in [0.4, 0.5) is 13.2 Å². The molecule has 5 heterocycles. The van der Waals surface area contributed by atoms with Gasteiger partial charge < -0.3 is 14.3 Å². The SMILES string of the molecule is O=C(c1ocnc1C(F)F)N1CCc2[nH]cnc2C1c1cc2ccc(F)cn2n1. The number of aromatic amines is 1. The number of nitrogens with one attached hydrogen (secondary N) is 1. The average Bonchev–Trinajstić information content (AvgIpc) is 3.43. The minimum absolute atomic E-state index is 0.226. The van der Waals surface area contributed by atoms with Gasteiger partial charge in [-0.3, -0.25) is 4.79 Å². The topological polar surface area (TPSA) is 92.3 Å². The third-order valence-corrected chi connectivity index (χ3v) is 4.90. The van der Waals surface area contributed by atoms with Crippen LogP contribution in [0.15, 0.2) is 41.5 Å². The lowest BCUT2D eigenvalue weighted by molar-refractivity contribution is 0.0639. The zero-order chi connectivity index (χ0) is 20.1. The van der Waals surface area contributed by atoms with Gasteiger partial charge in [0.2, 0.25) is 5.76 Å². The monoisotopic (exact) mass is 402 g/mol. The third kappa shape index (κ3) is 2.77. The lowest BCUT2D eigenvalue weighted by atomic mass is 9.99. The third-order valence-electron chi connectivity index (χ3n) is 4.90. The molecule has 1 unspecified atom stereocenters. The predicted octanol–water partition coefficient (Wildman–Crippen LogP) is 2.91. The van der Waals surface area contributed by atoms with Crippen LogP contribution in [0.2, 0.25) is 0 Å². The number of hydrogen-bond acceptors (Lipinski definition) is 5. The second-order valence-corrected chi connectivity index (χ2v) is 6.57. The number of amides is 1. The van der Waals surface area contributed by atoms with Crippen LogP contribution >= 0.6 is 0 Å². The van der Waals surface area contributed by atoms with Gasteiger partial charge >= 0.3 is 0 Å². The van der Waals surface area contributed by atoms with E-state index in [0.717, 1.165) is 12.1 Å². The first-order valence-corrected chi connectivity index (χ1v) is 8.72. The summed E-state index contributed by atoms with van der Waals surface area (Å²) in [6.07, 6.45) is 1.04. The number of imidazole rings is 1. The van der Waals surface area contributed by atoms with Crippen LogP contribution in [0.5, 0.6) is 0 Å². The van der Waals surface area contributed by atoms with Crippen molar-refractivity contribution in [2.24, 2.45) is 0 Å². The molecule has 11 heteroatoms. The van der Waals surface area contributed by atoms with Gasteiger partial charge in [0.25, 0.3) is 12.3 Å². The molecule has 148 valence electrons. The maximum Gasteiger partial charge on any atom is 0.292 e. The van der Waals surface area contributed by atoms with E-state index in [9.17, 15) is 18.0 Å². The summed E-state index contributed by atoms with van der Waals surface area (Å²) in [7, 11) is 0. The Morgan fingerprint density at radius 1 is 1.31 bits per heavy atom. The molecule has 4 aromatic heterocycles. The first-order valence-electron chi connectivity index (χ1n) is 8.72. The molecule has 0 aromatic carbocycles. The van der Waals surface area contributed by atoms with Crippen molar-refractivity contribution < 1.29 is 22.4 Å². The van der Waals surface area contributed by atoms with Crippen molar-refractivity contribution in [2.45, 2.75) is 18.9 Å². The van der Waals surface area contributed by atoms with Gasteiger partial charge in [0, 0.05) is 18.7 Å². The van der Waals surface area contributed by atoms with Crippen molar-refractivity contribution in [2.75, 3.05) is 6.54 Å². The molecule has 29 heavy (non-hydrogen) atoms. The Kier molecular flexibility index (Phi) is 3.89. The maximum atomic E-state index is 13.6. The van der Waals surface area contributed by atoms with Gasteiger partial charge in [0.1, 0.15) is 11.9 Å². The van der Waals surface area contributed by atoms with E-state index in [1.807, 2.05) is 0 Å². The minimum Gasteiger partial charge on any atom is -0.438 e. The fraction of sp³-hybridized carbons (Fsp3) is 0.222. The number of H-pyrrole nitrogens is 1. The Morgan fingerprint density at radius 2 is 2.17 bits per heavy atom. The van der Waals surface area contributed by atoms with Gasteiger partial charge in [-0.05, 0) is 18.2 Å². The predicted molar refractivity (Wildman–Crippen MR) is 91.8 cm³/mol. The first-order chi connectivity index (χ1) is 14.0. The number of aromatic nitrogens is 5. The standard InChI is InChI=1S/C18H13F3N6O2/c19-9-1-2-10-5-12(25-27(10)6-9)15-13-11(22-7-23-13)3-4-26(15)18(28)16-14(17(20)21)24-8-29-16/h1-2,5-8,15,17H,3-4H2,(H,22,23). The Balaban J connectivity index is 1.62. The summed E-state index contributed by atoms with van der Waals surface area (Å²) >= 11 is 0. The molecule has 0 aliphatic carbocycles. The number of fused-ring (bicyclic) bond motifs is 2. The van der Waals surface area contributed by atoms with Gasteiger partial charge in [0.15, 0.2) is 12.1 Å². The van der Waals surface area contributed by atoms with Crippen molar-refractivity contribution in [3.63, 3.8) is 0 Å². The van der Waals surface area contributed by atoms with E-state index in [-0.39, 0.29) is 6.54 Å². The highest BCUT2D eigenvalue weighted by Crippen LogP contribution is 2.35. The molecule has 1 aliphatic rings. The molecular formula is C18H13F3N6O2. The van der Waals surface area contributed by atoms with Gasteiger partial charge in [-0.25, -0.2) is 27.7 Å². The van der Waals surface area contributed by atoms with Gasteiger partial charge in [-0.2, -0.15) is 5.10 Å². The zero-order valence-electron chi connectivity index (χ0n) is 14.7. The van der Waals surface area contributed by atoms with Crippen LogP contribution in [0.25, 0.3) is 5.52 Å². The summed E-state index contributed by atoms with van der Waals surface area (Å²) in [5.41, 5.74) is 1.69. The molecule has 8 nitrogen and oxygen atoms in total. The quantitative estimate of drug-likeness (QED) is 0.569. The minimum atomic E-state index is -2.95. The second kappa shape index (κ2) is 6.47. The number of oxazole rings is 1. The average molecular weight is 402 g/mol. The van der Waals surface area contributed by atoms with Crippen LogP contribution < -0.4 is 0 Å². The Bertz CT molecular complexity index is 1210. The summed E-state index contributed by atoms with van der Waals surface area (Å²) in [5, 5.41) is 4.38. The molecule has 5 rings (SSSR count). The van der Waals surface area contributed by atoms with Crippen LogP contribution in [0.1, 0.15) is 45.8 Å². The molecule has 0 spiro atoms. The van der Waals surface area contributed by atoms with Gasteiger partial charge in [0.05, 0.1) is 29.4 Å². The number of halogens is 3. The van der Waals surface area contributed by atoms with Crippen molar-refractivity contribution in [1.29, 1.82) is 0 Å². The Labute approximate surface area is 161 Å². The smallest absolute Gasteiger partial charge is 0.292 e. The molecule has 1 N–H and O–H groups in total. The summed E-state index contributed by atoms with van der Waals surface area (Å²) in [6.45, 7) is 0.226. The van der Waals surface area contributed by atoms with E-state index in [0.29, 0.717) is 23.3 Å². The highest BCUT2D eigenvalue weighted by atomic mass is 19.3. The van der Waals surface area contributed by atoms with Gasteiger partial charge in [-0.1, -0.05) is 0 Å². The number of rotatable bonds is 3. The highest BCUT2D eigenvalue weighted by Gasteiger charge is 2.39. The number of nitrogens with zero attached hydrogens (tertiary/aromatic N) is 5. The number of carbonyl (C=O) groups excluding carboxylic acids is 1. The first kappa shape index (κ1) is 17.5. The molecule has 0 radical (unpaired) electrons. The normalized spacial score (nSPS) is 16.6. The maximum absolute atomic E-state index is 13.6. The molecule has 0 saturated carbocycles. The summed E-state index contributed by atoms with van der Waals surface area (Å²) < 4.78 is 46.3. The summed E-state index contributed by atoms with van der Waals surface area (Å²) in [5.74, 6) is -1.72. The Hall–Kier alpha value is -3.63. The molecule has 4 aromatic rings. The van der Waals surface area contributed by atoms with E-state index >= 15 is 0 Å². The van der Waals surface area contributed by atoms with Crippen LogP contribution in [0, 0.1) is 5.82 Å². The fourth-order valence-corrected chi connectivity index (χ4v) is 3.61. The lowest BCUT2D eigenvalue weighted by Gasteiger charge is -2.33. The number of hydrogen-bond donors (Lipinski definition) is 1.